The van der Waals surface area contributed by atoms with Gasteiger partial charge in [-0.2, -0.15) is 4.98 Å². The topological polar surface area (TPSA) is 66.0 Å². The fourth-order valence-electron chi connectivity index (χ4n) is 2.00. The largest absolute Gasteiger partial charge is 0.497 e. The first kappa shape index (κ1) is 14.6. The number of hydrogen-bond donors (Lipinski definition) is 0. The summed E-state index contributed by atoms with van der Waals surface area (Å²) in [6.07, 6.45) is 3.75. The molecule has 0 fully saturated rings. The summed E-state index contributed by atoms with van der Waals surface area (Å²) in [5, 5.41) is 4.97. The van der Waals surface area contributed by atoms with E-state index in [0.717, 1.165) is 23.0 Å². The van der Waals surface area contributed by atoms with E-state index >= 15 is 0 Å². The van der Waals surface area contributed by atoms with Gasteiger partial charge < -0.3 is 13.8 Å². The van der Waals surface area contributed by atoms with Gasteiger partial charge in [-0.3, -0.25) is 0 Å². The van der Waals surface area contributed by atoms with E-state index in [2.05, 4.69) is 26.6 Å². The molecule has 0 bridgehead atoms. The molecule has 0 radical (unpaired) electrons. The Morgan fingerprint density at radius 1 is 1.36 bits per heavy atom. The first-order valence-corrected chi connectivity index (χ1v) is 7.89. The molecule has 0 aliphatic heterocycles. The van der Waals surface area contributed by atoms with Crippen molar-refractivity contribution in [1.29, 1.82) is 0 Å². The van der Waals surface area contributed by atoms with E-state index in [1.165, 1.54) is 0 Å². The summed E-state index contributed by atoms with van der Waals surface area (Å²) >= 11 is 1.58. The number of aromatic nitrogens is 4. The van der Waals surface area contributed by atoms with Gasteiger partial charge in [0, 0.05) is 24.5 Å². The summed E-state index contributed by atoms with van der Waals surface area (Å²) in [5.41, 5.74) is 0.870. The third kappa shape index (κ3) is 3.14. The summed E-state index contributed by atoms with van der Waals surface area (Å²) < 4.78 is 12.6. The minimum atomic E-state index is 0.563. The Morgan fingerprint density at radius 2 is 2.27 bits per heavy atom. The monoisotopic (exact) mass is 316 g/mol. The molecule has 7 heteroatoms. The van der Waals surface area contributed by atoms with Crippen LogP contribution in [0.15, 0.2) is 46.3 Å². The van der Waals surface area contributed by atoms with E-state index in [1.54, 1.807) is 25.1 Å². The summed E-state index contributed by atoms with van der Waals surface area (Å²) in [6, 6.07) is 7.58. The van der Waals surface area contributed by atoms with Gasteiger partial charge in [0.2, 0.25) is 11.7 Å². The van der Waals surface area contributed by atoms with Crippen LogP contribution >= 0.6 is 11.8 Å². The fraction of sp³-hybridized carbons (Fsp3) is 0.267. The Bertz CT molecular complexity index is 753. The normalized spacial score (nSPS) is 10.8. The Kier molecular flexibility index (Phi) is 4.43. The van der Waals surface area contributed by atoms with Crippen molar-refractivity contribution in [1.82, 2.24) is 19.7 Å². The van der Waals surface area contributed by atoms with Crippen molar-refractivity contribution >= 4 is 11.8 Å². The molecule has 0 aliphatic carbocycles. The molecular formula is C15H16N4O2S. The van der Waals surface area contributed by atoms with Gasteiger partial charge in [0.1, 0.15) is 5.75 Å². The van der Waals surface area contributed by atoms with Gasteiger partial charge >= 0.3 is 0 Å². The molecule has 3 rings (SSSR count). The SMILES string of the molecule is CCn1ccnc1SCc1nc(-c2cccc(OC)c2)no1. The van der Waals surface area contributed by atoms with Gasteiger partial charge in [-0.25, -0.2) is 4.98 Å². The minimum absolute atomic E-state index is 0.563. The maximum absolute atomic E-state index is 5.30. The molecule has 0 amide bonds. The molecule has 22 heavy (non-hydrogen) atoms. The lowest BCUT2D eigenvalue weighted by Gasteiger charge is -2.01. The molecule has 0 aliphatic rings. The molecule has 1 aromatic carbocycles. The zero-order valence-corrected chi connectivity index (χ0v) is 13.2. The lowest BCUT2D eigenvalue weighted by Crippen LogP contribution is -1.94. The molecule has 0 unspecified atom stereocenters. The number of benzene rings is 1. The van der Waals surface area contributed by atoms with Crippen LogP contribution in [0.2, 0.25) is 0 Å². The number of hydrogen-bond acceptors (Lipinski definition) is 6. The number of aryl methyl sites for hydroxylation is 1. The third-order valence-corrected chi connectivity index (χ3v) is 4.13. The highest BCUT2D eigenvalue weighted by Gasteiger charge is 2.11. The Hall–Kier alpha value is -2.28. The van der Waals surface area contributed by atoms with Crippen LogP contribution in [0.1, 0.15) is 12.8 Å². The smallest absolute Gasteiger partial charge is 0.237 e. The average Bonchev–Trinajstić information content (AvgIpc) is 3.21. The Balaban J connectivity index is 1.71. The molecule has 0 saturated carbocycles. The van der Waals surface area contributed by atoms with Gasteiger partial charge in [-0.05, 0) is 19.1 Å². The van der Waals surface area contributed by atoms with Crippen molar-refractivity contribution in [2.45, 2.75) is 24.4 Å². The van der Waals surface area contributed by atoms with Crippen LogP contribution in [-0.4, -0.2) is 26.8 Å². The van der Waals surface area contributed by atoms with Crippen LogP contribution < -0.4 is 4.74 Å². The van der Waals surface area contributed by atoms with E-state index in [0.29, 0.717) is 17.5 Å². The molecule has 2 heterocycles. The van der Waals surface area contributed by atoms with E-state index < -0.39 is 0 Å². The summed E-state index contributed by atoms with van der Waals surface area (Å²) in [6.45, 7) is 2.97. The number of ether oxygens (including phenoxy) is 1. The van der Waals surface area contributed by atoms with E-state index in [-0.39, 0.29) is 0 Å². The Labute approximate surface area is 132 Å². The fourth-order valence-corrected chi connectivity index (χ4v) is 2.86. The molecule has 0 N–H and O–H groups in total. The second-order valence-electron chi connectivity index (χ2n) is 4.53. The van der Waals surface area contributed by atoms with E-state index in [1.807, 2.05) is 30.5 Å². The van der Waals surface area contributed by atoms with Gasteiger partial charge in [0.25, 0.3) is 0 Å². The average molecular weight is 316 g/mol. The van der Waals surface area contributed by atoms with Crippen LogP contribution in [0.25, 0.3) is 11.4 Å². The Morgan fingerprint density at radius 3 is 3.09 bits per heavy atom. The zero-order valence-electron chi connectivity index (χ0n) is 12.4. The van der Waals surface area contributed by atoms with Crippen molar-refractivity contribution in [3.8, 4) is 17.1 Å². The molecule has 0 atom stereocenters. The van der Waals surface area contributed by atoms with Crippen LogP contribution in [0.4, 0.5) is 0 Å². The summed E-state index contributed by atoms with van der Waals surface area (Å²) in [4.78, 5) is 8.73. The maximum Gasteiger partial charge on any atom is 0.237 e. The van der Waals surface area contributed by atoms with Crippen LogP contribution in [0.5, 0.6) is 5.75 Å². The minimum Gasteiger partial charge on any atom is -0.497 e. The lowest BCUT2D eigenvalue weighted by molar-refractivity contribution is 0.391. The number of methoxy groups -OCH3 is 1. The van der Waals surface area contributed by atoms with Crippen LogP contribution in [0.3, 0.4) is 0 Å². The molecule has 0 saturated heterocycles. The van der Waals surface area contributed by atoms with Crippen molar-refractivity contribution in [2.75, 3.05) is 7.11 Å². The van der Waals surface area contributed by atoms with Gasteiger partial charge in [0.05, 0.1) is 12.9 Å². The molecule has 6 nitrogen and oxygen atoms in total. The van der Waals surface area contributed by atoms with Crippen LogP contribution in [-0.2, 0) is 12.3 Å². The van der Waals surface area contributed by atoms with Crippen LogP contribution in [0, 0.1) is 0 Å². The van der Waals surface area contributed by atoms with E-state index in [4.69, 9.17) is 9.26 Å². The van der Waals surface area contributed by atoms with E-state index in [9.17, 15) is 0 Å². The molecule has 3 aromatic rings. The second-order valence-corrected chi connectivity index (χ2v) is 5.47. The quantitative estimate of drug-likeness (QED) is 0.650. The first-order chi connectivity index (χ1) is 10.8. The summed E-state index contributed by atoms with van der Waals surface area (Å²) in [5.74, 6) is 2.50. The first-order valence-electron chi connectivity index (χ1n) is 6.91. The van der Waals surface area contributed by atoms with Crippen molar-refractivity contribution in [3.63, 3.8) is 0 Å². The number of thioether (sulfide) groups is 1. The standard InChI is InChI=1S/C15H16N4O2S/c1-3-19-8-7-16-15(19)22-10-13-17-14(18-21-13)11-5-4-6-12(9-11)20-2/h4-9H,3,10H2,1-2H3. The molecule has 114 valence electrons. The highest BCUT2D eigenvalue weighted by atomic mass is 32.2. The third-order valence-electron chi connectivity index (χ3n) is 3.14. The molecule has 2 aromatic heterocycles. The highest BCUT2D eigenvalue weighted by Crippen LogP contribution is 2.24. The van der Waals surface area contributed by atoms with Gasteiger partial charge in [-0.15, -0.1) is 0 Å². The number of rotatable bonds is 6. The van der Waals surface area contributed by atoms with Gasteiger partial charge in [0.15, 0.2) is 5.16 Å². The maximum atomic E-state index is 5.30. The van der Waals surface area contributed by atoms with Crippen molar-refractivity contribution in [3.05, 3.63) is 42.5 Å². The van der Waals surface area contributed by atoms with Crippen molar-refractivity contribution in [2.24, 2.45) is 0 Å². The highest BCUT2D eigenvalue weighted by molar-refractivity contribution is 7.98. The zero-order chi connectivity index (χ0) is 15.4. The van der Waals surface area contributed by atoms with Gasteiger partial charge in [-0.1, -0.05) is 29.1 Å². The predicted molar refractivity (Wildman–Crippen MR) is 83.7 cm³/mol. The lowest BCUT2D eigenvalue weighted by atomic mass is 10.2. The number of nitrogens with zero attached hydrogens (tertiary/aromatic N) is 4. The predicted octanol–water partition coefficient (Wildman–Crippen LogP) is 3.25. The number of imidazole rings is 1. The molecule has 0 spiro atoms. The molecular weight excluding hydrogens is 300 g/mol. The summed E-state index contributed by atoms with van der Waals surface area (Å²) in [7, 11) is 1.63. The van der Waals surface area contributed by atoms with Crippen molar-refractivity contribution < 1.29 is 9.26 Å². The second kappa shape index (κ2) is 6.65.